The summed E-state index contributed by atoms with van der Waals surface area (Å²) < 4.78 is 0. The maximum absolute atomic E-state index is 11.2. The van der Waals surface area contributed by atoms with Gasteiger partial charge in [0.15, 0.2) is 5.43 Å². The van der Waals surface area contributed by atoms with E-state index in [-0.39, 0.29) is 5.43 Å². The lowest BCUT2D eigenvalue weighted by Gasteiger charge is -1.85. The second-order valence-corrected chi connectivity index (χ2v) is 2.58. The van der Waals surface area contributed by atoms with Gasteiger partial charge in [0.2, 0.25) is 0 Å². The van der Waals surface area contributed by atoms with Gasteiger partial charge in [-0.2, -0.15) is 0 Å². The minimum atomic E-state index is 0.0584. The summed E-state index contributed by atoms with van der Waals surface area (Å²) in [6, 6.07) is 3.36. The van der Waals surface area contributed by atoms with Crippen molar-refractivity contribution in [1.82, 2.24) is 9.97 Å². The number of fused-ring (bicyclic) bond motifs is 1. The van der Waals surface area contributed by atoms with Gasteiger partial charge in [0.25, 0.3) is 0 Å². The molecule has 2 N–H and O–H groups in total. The molecule has 0 atom stereocenters. The second-order valence-electron chi connectivity index (χ2n) is 2.58. The fraction of sp³-hybridized carbons (Fsp3) is 0.125. The van der Waals surface area contributed by atoms with Crippen molar-refractivity contribution in [2.24, 2.45) is 0 Å². The zero-order valence-electron chi connectivity index (χ0n) is 6.14. The van der Waals surface area contributed by atoms with Crippen molar-refractivity contribution in [2.75, 3.05) is 0 Å². The standard InChI is InChI=1S/C8H8N2O/c1-5-4-6-7(11)2-3-9-8(6)10-5/h2-4H,1H3,(H2,9,10,11). The van der Waals surface area contributed by atoms with Gasteiger partial charge in [-0.15, -0.1) is 0 Å². The Kier molecular flexibility index (Phi) is 1.12. The third-order valence-electron chi connectivity index (χ3n) is 1.68. The van der Waals surface area contributed by atoms with E-state index < -0.39 is 0 Å². The molecule has 0 saturated heterocycles. The van der Waals surface area contributed by atoms with Crippen molar-refractivity contribution in [3.05, 3.63) is 34.2 Å². The lowest BCUT2D eigenvalue weighted by atomic mass is 10.3. The maximum atomic E-state index is 11.2. The van der Waals surface area contributed by atoms with E-state index in [4.69, 9.17) is 0 Å². The quantitative estimate of drug-likeness (QED) is 0.578. The molecule has 0 aliphatic heterocycles. The van der Waals surface area contributed by atoms with Gasteiger partial charge < -0.3 is 9.97 Å². The first-order valence-corrected chi connectivity index (χ1v) is 3.44. The highest BCUT2D eigenvalue weighted by atomic mass is 16.1. The summed E-state index contributed by atoms with van der Waals surface area (Å²) in [7, 11) is 0. The highest BCUT2D eigenvalue weighted by Crippen LogP contribution is 2.05. The molecule has 0 fully saturated rings. The molecular weight excluding hydrogens is 140 g/mol. The van der Waals surface area contributed by atoms with Crippen molar-refractivity contribution in [2.45, 2.75) is 6.92 Å². The Labute approximate surface area is 63.1 Å². The van der Waals surface area contributed by atoms with Gasteiger partial charge in [-0.3, -0.25) is 4.79 Å². The Balaban J connectivity index is 3.02. The van der Waals surface area contributed by atoms with E-state index in [0.717, 1.165) is 16.7 Å². The highest BCUT2D eigenvalue weighted by molar-refractivity contribution is 5.75. The topological polar surface area (TPSA) is 48.6 Å². The van der Waals surface area contributed by atoms with Crippen LogP contribution in [0.5, 0.6) is 0 Å². The van der Waals surface area contributed by atoms with Gasteiger partial charge in [-0.05, 0) is 13.0 Å². The van der Waals surface area contributed by atoms with E-state index >= 15 is 0 Å². The van der Waals surface area contributed by atoms with Crippen LogP contribution in [0.15, 0.2) is 23.1 Å². The first-order valence-electron chi connectivity index (χ1n) is 3.44. The van der Waals surface area contributed by atoms with Crippen molar-refractivity contribution in [1.29, 1.82) is 0 Å². The number of aromatic nitrogens is 2. The molecule has 3 heteroatoms. The van der Waals surface area contributed by atoms with E-state index in [9.17, 15) is 4.79 Å². The smallest absolute Gasteiger partial charge is 0.190 e. The predicted molar refractivity (Wildman–Crippen MR) is 43.7 cm³/mol. The second kappa shape index (κ2) is 1.99. The number of rotatable bonds is 0. The highest BCUT2D eigenvalue weighted by Gasteiger charge is 1.98. The number of aryl methyl sites for hydroxylation is 1. The van der Waals surface area contributed by atoms with E-state index in [0.29, 0.717) is 0 Å². The molecule has 11 heavy (non-hydrogen) atoms. The summed E-state index contributed by atoms with van der Waals surface area (Å²) in [5.74, 6) is 0. The number of H-pyrrole nitrogens is 2. The van der Waals surface area contributed by atoms with Crippen LogP contribution in [0.3, 0.4) is 0 Å². The number of aromatic amines is 2. The third-order valence-corrected chi connectivity index (χ3v) is 1.68. The van der Waals surface area contributed by atoms with Gasteiger partial charge in [0.05, 0.1) is 5.39 Å². The van der Waals surface area contributed by atoms with Gasteiger partial charge in [-0.1, -0.05) is 0 Å². The summed E-state index contributed by atoms with van der Waals surface area (Å²) in [4.78, 5) is 17.2. The minimum Gasteiger partial charge on any atom is -0.347 e. The Morgan fingerprint density at radius 1 is 1.45 bits per heavy atom. The van der Waals surface area contributed by atoms with Crippen LogP contribution in [0, 0.1) is 6.92 Å². The van der Waals surface area contributed by atoms with Crippen LogP contribution < -0.4 is 5.43 Å². The Bertz CT molecular complexity index is 439. The third kappa shape index (κ3) is 0.852. The van der Waals surface area contributed by atoms with Crippen LogP contribution in [0.25, 0.3) is 11.0 Å². The van der Waals surface area contributed by atoms with Crippen LogP contribution >= 0.6 is 0 Å². The molecule has 2 aromatic heterocycles. The SMILES string of the molecule is Cc1cc2c(=O)cc[nH]c2[nH]1. The molecular formula is C8H8N2O. The largest absolute Gasteiger partial charge is 0.347 e. The predicted octanol–water partition coefficient (Wildman–Crippen LogP) is 1.16. The Morgan fingerprint density at radius 2 is 2.27 bits per heavy atom. The van der Waals surface area contributed by atoms with Crippen LogP contribution in [0.1, 0.15) is 5.69 Å². The molecule has 0 bridgehead atoms. The van der Waals surface area contributed by atoms with Crippen molar-refractivity contribution < 1.29 is 0 Å². The zero-order chi connectivity index (χ0) is 7.84. The normalized spacial score (nSPS) is 10.6. The van der Waals surface area contributed by atoms with Gasteiger partial charge in [0, 0.05) is 18.0 Å². The fourth-order valence-electron chi connectivity index (χ4n) is 1.19. The monoisotopic (exact) mass is 148 g/mol. The molecule has 2 rings (SSSR count). The maximum Gasteiger partial charge on any atom is 0.190 e. The Hall–Kier alpha value is -1.51. The number of pyridine rings is 1. The molecule has 56 valence electrons. The zero-order valence-corrected chi connectivity index (χ0v) is 6.14. The molecule has 0 aromatic carbocycles. The molecule has 2 aromatic rings. The first-order chi connectivity index (χ1) is 5.27. The molecule has 0 spiro atoms. The van der Waals surface area contributed by atoms with Crippen LogP contribution in [-0.4, -0.2) is 9.97 Å². The van der Waals surface area contributed by atoms with Crippen LogP contribution in [0.4, 0.5) is 0 Å². The Morgan fingerprint density at radius 3 is 3.00 bits per heavy atom. The summed E-state index contributed by atoms with van der Waals surface area (Å²) >= 11 is 0. The van der Waals surface area contributed by atoms with Crippen molar-refractivity contribution in [3.8, 4) is 0 Å². The number of hydrogen-bond acceptors (Lipinski definition) is 1. The molecule has 3 nitrogen and oxygen atoms in total. The van der Waals surface area contributed by atoms with E-state index in [1.165, 1.54) is 6.07 Å². The van der Waals surface area contributed by atoms with Gasteiger partial charge in [0.1, 0.15) is 5.65 Å². The molecule has 0 amide bonds. The molecule has 0 saturated carbocycles. The van der Waals surface area contributed by atoms with E-state index in [1.807, 2.05) is 13.0 Å². The van der Waals surface area contributed by atoms with Crippen LogP contribution in [-0.2, 0) is 0 Å². The van der Waals surface area contributed by atoms with Crippen LogP contribution in [0.2, 0.25) is 0 Å². The van der Waals surface area contributed by atoms with Gasteiger partial charge in [-0.25, -0.2) is 0 Å². The van der Waals surface area contributed by atoms with Crippen molar-refractivity contribution in [3.63, 3.8) is 0 Å². The van der Waals surface area contributed by atoms with Crippen molar-refractivity contribution >= 4 is 11.0 Å². The molecule has 0 radical (unpaired) electrons. The van der Waals surface area contributed by atoms with Gasteiger partial charge >= 0.3 is 0 Å². The average Bonchev–Trinajstić information content (AvgIpc) is 2.31. The summed E-state index contributed by atoms with van der Waals surface area (Å²) in [5.41, 5.74) is 1.86. The number of nitrogens with one attached hydrogen (secondary N) is 2. The van der Waals surface area contributed by atoms with E-state index in [2.05, 4.69) is 9.97 Å². The molecule has 0 aliphatic rings. The lowest BCUT2D eigenvalue weighted by Crippen LogP contribution is -1.97. The first kappa shape index (κ1) is 6.22. The average molecular weight is 148 g/mol. The molecule has 0 unspecified atom stereocenters. The fourth-order valence-corrected chi connectivity index (χ4v) is 1.19. The summed E-state index contributed by atoms with van der Waals surface area (Å²) in [6.07, 6.45) is 1.64. The summed E-state index contributed by atoms with van der Waals surface area (Å²) in [6.45, 7) is 1.92. The number of hydrogen-bond donors (Lipinski definition) is 2. The summed E-state index contributed by atoms with van der Waals surface area (Å²) in [5, 5.41) is 0.727. The minimum absolute atomic E-state index is 0.0584. The molecule has 2 heterocycles. The lowest BCUT2D eigenvalue weighted by molar-refractivity contribution is 1.25. The molecule has 0 aliphatic carbocycles. The van der Waals surface area contributed by atoms with E-state index in [1.54, 1.807) is 6.20 Å².